The van der Waals surface area contributed by atoms with Gasteiger partial charge in [0.15, 0.2) is 0 Å². The minimum atomic E-state index is 0.184. The highest BCUT2D eigenvalue weighted by Crippen LogP contribution is 2.25. The largest absolute Gasteiger partial charge is 0.255 e. The summed E-state index contributed by atoms with van der Waals surface area (Å²) in [6.07, 6.45) is 2.52. The lowest BCUT2D eigenvalue weighted by atomic mass is 9.86. The molecule has 0 N–H and O–H groups in total. The molecule has 2 heteroatoms. The molecular formula is C16H22FN. The first-order valence-corrected chi connectivity index (χ1v) is 6.06. The Morgan fingerprint density at radius 3 is 2.06 bits per heavy atom. The summed E-state index contributed by atoms with van der Waals surface area (Å²) in [5, 5.41) is 8.69. The van der Waals surface area contributed by atoms with Crippen LogP contribution < -0.4 is 0 Å². The van der Waals surface area contributed by atoms with Gasteiger partial charge in [0.25, 0.3) is 0 Å². The molecule has 1 nitrogen and oxygen atoms in total. The molecule has 0 heterocycles. The fraction of sp³-hybridized carbons (Fsp3) is 0.438. The maximum Gasteiger partial charge on any atom is 0.0915 e. The average Bonchev–Trinajstić information content (AvgIpc) is 2.37. The molecule has 0 spiro atoms. The third kappa shape index (κ3) is 4.71. The van der Waals surface area contributed by atoms with Crippen LogP contribution in [0.25, 0.3) is 5.57 Å². The van der Waals surface area contributed by atoms with Crippen molar-refractivity contribution in [3.8, 4) is 6.07 Å². The van der Waals surface area contributed by atoms with E-state index in [4.69, 9.17) is 5.26 Å². The summed E-state index contributed by atoms with van der Waals surface area (Å²) in [4.78, 5) is 0. The van der Waals surface area contributed by atoms with E-state index in [1.165, 1.54) is 5.56 Å². The van der Waals surface area contributed by atoms with Gasteiger partial charge in [-0.1, -0.05) is 52.0 Å². The van der Waals surface area contributed by atoms with Gasteiger partial charge in [0.05, 0.1) is 13.2 Å². The van der Waals surface area contributed by atoms with E-state index in [1.807, 2.05) is 0 Å². The number of allylic oxidation sites excluding steroid dienone is 2. The van der Waals surface area contributed by atoms with Crippen molar-refractivity contribution in [3.63, 3.8) is 0 Å². The fourth-order valence-corrected chi connectivity index (χ4v) is 1.65. The predicted molar refractivity (Wildman–Crippen MR) is 76.1 cm³/mol. The summed E-state index contributed by atoms with van der Waals surface area (Å²) in [6.45, 7) is 8.68. The summed E-state index contributed by atoms with van der Waals surface area (Å²) in [5.74, 6) is 0. The van der Waals surface area contributed by atoms with Crippen LogP contribution in [0.3, 0.4) is 0 Å². The van der Waals surface area contributed by atoms with Crippen LogP contribution in [-0.4, -0.2) is 7.18 Å². The van der Waals surface area contributed by atoms with E-state index in [-0.39, 0.29) is 5.41 Å². The van der Waals surface area contributed by atoms with Crippen LogP contribution in [0.15, 0.2) is 30.3 Å². The number of alkyl halides is 1. The predicted octanol–water partition coefficient (Wildman–Crippen LogP) is 4.89. The van der Waals surface area contributed by atoms with Gasteiger partial charge in [0.2, 0.25) is 0 Å². The van der Waals surface area contributed by atoms with Crippen molar-refractivity contribution in [1.29, 1.82) is 5.26 Å². The van der Waals surface area contributed by atoms with Crippen LogP contribution in [-0.2, 0) is 5.41 Å². The highest BCUT2D eigenvalue weighted by molar-refractivity contribution is 5.67. The van der Waals surface area contributed by atoms with Crippen LogP contribution in [0.5, 0.6) is 0 Å². The molecule has 0 aromatic heterocycles. The smallest absolute Gasteiger partial charge is 0.0915 e. The van der Waals surface area contributed by atoms with Gasteiger partial charge >= 0.3 is 0 Å². The molecule has 0 aliphatic carbocycles. The van der Waals surface area contributed by atoms with E-state index in [0.717, 1.165) is 17.6 Å². The van der Waals surface area contributed by atoms with Gasteiger partial charge in [-0.25, -0.2) is 0 Å². The Labute approximate surface area is 110 Å². The van der Waals surface area contributed by atoms with Crippen LogP contribution in [0.2, 0.25) is 0 Å². The van der Waals surface area contributed by atoms with Gasteiger partial charge in [-0.05, 0) is 28.5 Å². The van der Waals surface area contributed by atoms with E-state index in [1.54, 1.807) is 6.08 Å². The lowest BCUT2D eigenvalue weighted by molar-refractivity contribution is 0.590. The number of halogens is 1. The summed E-state index contributed by atoms with van der Waals surface area (Å²) in [6, 6.07) is 10.6. The average molecular weight is 247 g/mol. The molecule has 1 aromatic carbocycles. The van der Waals surface area contributed by atoms with Gasteiger partial charge in [-0.3, -0.25) is 4.39 Å². The number of nitrogens with zero attached hydrogens (tertiary/aromatic N) is 1. The van der Waals surface area contributed by atoms with Crippen LogP contribution in [0, 0.1) is 11.3 Å². The number of nitriles is 1. The Bertz CT molecular complexity index is 416. The number of rotatable bonds is 2. The topological polar surface area (TPSA) is 23.8 Å². The summed E-state index contributed by atoms with van der Waals surface area (Å²) in [5.41, 5.74) is 3.76. The van der Waals surface area contributed by atoms with E-state index in [9.17, 15) is 4.39 Å². The van der Waals surface area contributed by atoms with E-state index in [0.29, 0.717) is 7.18 Å². The van der Waals surface area contributed by atoms with E-state index >= 15 is 0 Å². The maximum atomic E-state index is 9.50. The van der Waals surface area contributed by atoms with Crippen molar-refractivity contribution in [3.05, 3.63) is 41.5 Å². The first-order valence-electron chi connectivity index (χ1n) is 6.06. The molecule has 0 atom stereocenters. The van der Waals surface area contributed by atoms with Crippen molar-refractivity contribution < 1.29 is 4.39 Å². The molecule has 0 aliphatic heterocycles. The summed E-state index contributed by atoms with van der Waals surface area (Å²) in [7, 11) is 0.500. The molecule has 0 saturated carbocycles. The Morgan fingerprint density at radius 2 is 1.72 bits per heavy atom. The molecule has 0 aliphatic rings. The molecule has 18 heavy (non-hydrogen) atoms. The second kappa shape index (κ2) is 7.66. The Morgan fingerprint density at radius 1 is 1.22 bits per heavy atom. The third-order valence-corrected chi connectivity index (χ3v) is 2.74. The quantitative estimate of drug-likeness (QED) is 0.683. The molecular weight excluding hydrogens is 225 g/mol. The van der Waals surface area contributed by atoms with Gasteiger partial charge in [0.1, 0.15) is 0 Å². The second-order valence-electron chi connectivity index (χ2n) is 4.98. The minimum absolute atomic E-state index is 0.184. The second-order valence-corrected chi connectivity index (χ2v) is 4.98. The SMILES string of the molecule is CC/C(=C/C#N)c1ccc(C(C)(C)C)cc1.CF. The molecule has 0 unspecified atom stereocenters. The van der Waals surface area contributed by atoms with Crippen LogP contribution in [0.1, 0.15) is 45.2 Å². The summed E-state index contributed by atoms with van der Waals surface area (Å²) < 4.78 is 9.50. The van der Waals surface area contributed by atoms with Crippen molar-refractivity contribution >= 4 is 5.57 Å². The first-order chi connectivity index (χ1) is 8.49. The Kier molecular flexibility index (Phi) is 6.97. The van der Waals surface area contributed by atoms with E-state index in [2.05, 4.69) is 58.0 Å². The van der Waals surface area contributed by atoms with Crippen LogP contribution >= 0.6 is 0 Å². The molecule has 0 fully saturated rings. The lowest BCUT2D eigenvalue weighted by Gasteiger charge is -2.19. The molecule has 0 bridgehead atoms. The Hall–Kier alpha value is -1.62. The highest BCUT2D eigenvalue weighted by Gasteiger charge is 2.13. The molecule has 1 aromatic rings. The van der Waals surface area contributed by atoms with Crippen molar-refractivity contribution in [2.24, 2.45) is 0 Å². The zero-order chi connectivity index (χ0) is 14.2. The molecule has 98 valence electrons. The molecule has 0 saturated heterocycles. The normalized spacial score (nSPS) is 11.3. The zero-order valence-electron chi connectivity index (χ0n) is 11.9. The lowest BCUT2D eigenvalue weighted by Crippen LogP contribution is -2.10. The van der Waals surface area contributed by atoms with Gasteiger partial charge in [-0.15, -0.1) is 0 Å². The van der Waals surface area contributed by atoms with Gasteiger partial charge in [-0.2, -0.15) is 5.26 Å². The Balaban J connectivity index is 0.00000137. The number of hydrogen-bond donors (Lipinski definition) is 0. The number of hydrogen-bond acceptors (Lipinski definition) is 1. The minimum Gasteiger partial charge on any atom is -0.255 e. The summed E-state index contributed by atoms with van der Waals surface area (Å²) >= 11 is 0. The maximum absolute atomic E-state index is 9.50. The molecule has 1 rings (SSSR count). The van der Waals surface area contributed by atoms with Crippen molar-refractivity contribution in [1.82, 2.24) is 0 Å². The van der Waals surface area contributed by atoms with Crippen molar-refractivity contribution in [2.75, 3.05) is 7.18 Å². The third-order valence-electron chi connectivity index (χ3n) is 2.74. The van der Waals surface area contributed by atoms with Crippen LogP contribution in [0.4, 0.5) is 4.39 Å². The highest BCUT2D eigenvalue weighted by atomic mass is 19.1. The van der Waals surface area contributed by atoms with E-state index < -0.39 is 0 Å². The zero-order valence-corrected chi connectivity index (χ0v) is 11.9. The molecule has 0 radical (unpaired) electrons. The first kappa shape index (κ1) is 16.4. The van der Waals surface area contributed by atoms with Crippen molar-refractivity contribution in [2.45, 2.75) is 39.5 Å². The number of benzene rings is 1. The van der Waals surface area contributed by atoms with Gasteiger partial charge in [0, 0.05) is 6.08 Å². The fourth-order valence-electron chi connectivity index (χ4n) is 1.65. The monoisotopic (exact) mass is 247 g/mol. The standard InChI is InChI=1S/C15H19N.CH3F/c1-5-12(10-11-16)13-6-8-14(9-7-13)15(2,3)4;1-2/h6-10H,5H2,1-4H3;1H3/b12-10-;. The molecule has 0 amide bonds. The van der Waals surface area contributed by atoms with Gasteiger partial charge < -0.3 is 0 Å².